The van der Waals surface area contributed by atoms with Gasteiger partial charge in [0, 0.05) is 55.4 Å². The van der Waals surface area contributed by atoms with Gasteiger partial charge in [0.15, 0.2) is 24.0 Å². The molecule has 0 N–H and O–H groups in total. The number of aryl methyl sites for hydroxylation is 1. The number of nitrogens with zero attached hydrogens (tertiary/aromatic N) is 2. The molecule has 0 spiro atoms. The van der Waals surface area contributed by atoms with Crippen LogP contribution in [0.3, 0.4) is 0 Å². The topological polar surface area (TPSA) is 17.0 Å². The van der Waals surface area contributed by atoms with E-state index in [-0.39, 0.29) is 22.8 Å². The lowest BCUT2D eigenvalue weighted by Crippen LogP contribution is -2.70. The first-order chi connectivity index (χ1) is 23.1. The van der Waals surface area contributed by atoms with Crippen molar-refractivity contribution in [2.24, 2.45) is 0 Å². The fraction of sp³-hybridized carbons (Fsp3) is 0.409. The first kappa shape index (κ1) is 31.2. The number of fused-ring (bicyclic) bond motifs is 3. The zero-order valence-corrected chi connectivity index (χ0v) is 29.7. The van der Waals surface area contributed by atoms with Crippen molar-refractivity contribution in [1.29, 1.82) is 0 Å². The quantitative estimate of drug-likeness (QED) is 0.154. The molecule has 0 amide bonds. The molecule has 48 heavy (non-hydrogen) atoms. The van der Waals surface area contributed by atoms with Crippen molar-refractivity contribution in [2.45, 2.75) is 109 Å². The van der Waals surface area contributed by atoms with Crippen LogP contribution < -0.4 is 13.9 Å². The molecule has 4 heterocycles. The molecule has 0 bridgehead atoms. The molecule has 3 aromatic carbocycles. The number of hydrogen-bond donors (Lipinski definition) is 0. The van der Waals surface area contributed by atoms with Gasteiger partial charge in [0.2, 0.25) is 11.4 Å². The maximum absolute atomic E-state index is 16.5. The highest BCUT2D eigenvalue weighted by atomic mass is 19.1. The fourth-order valence-electron chi connectivity index (χ4n) is 10.3. The minimum Gasteiger partial charge on any atom is -0.497 e. The third-order valence-electron chi connectivity index (χ3n) is 13.0. The Balaban J connectivity index is 1.40. The second kappa shape index (κ2) is 11.0. The van der Waals surface area contributed by atoms with Gasteiger partial charge in [0.05, 0.1) is 29.0 Å². The number of aromatic nitrogens is 2. The highest BCUT2D eigenvalue weighted by molar-refractivity contribution is 6.02. The molecule has 0 radical (unpaired) electrons. The zero-order chi connectivity index (χ0) is 33.6. The van der Waals surface area contributed by atoms with E-state index in [9.17, 15) is 0 Å². The summed E-state index contributed by atoms with van der Waals surface area (Å²) < 4.78 is 27.3. The molecule has 3 nitrogen and oxygen atoms in total. The highest BCUT2D eigenvalue weighted by Crippen LogP contribution is 2.60. The summed E-state index contributed by atoms with van der Waals surface area (Å²) >= 11 is 0. The molecular weight excluding hydrogens is 591 g/mol. The van der Waals surface area contributed by atoms with Gasteiger partial charge in [-0.1, -0.05) is 65.3 Å². The van der Waals surface area contributed by atoms with Gasteiger partial charge >= 0.3 is 0 Å². The molecule has 0 saturated carbocycles. The Morgan fingerprint density at radius 2 is 1.71 bits per heavy atom. The van der Waals surface area contributed by atoms with E-state index in [1.165, 1.54) is 62.8 Å². The van der Waals surface area contributed by atoms with Crippen LogP contribution in [-0.4, -0.2) is 7.11 Å². The van der Waals surface area contributed by atoms with Crippen LogP contribution in [0.1, 0.15) is 108 Å². The third kappa shape index (κ3) is 3.98. The van der Waals surface area contributed by atoms with Crippen molar-refractivity contribution >= 4 is 10.8 Å². The van der Waals surface area contributed by atoms with E-state index < -0.39 is 5.41 Å². The highest BCUT2D eigenvalue weighted by Gasteiger charge is 2.63. The predicted octanol–water partition coefficient (Wildman–Crippen LogP) is 9.85. The SMILES string of the molecule is CCCCc1ccc2c3c4[n+](ccc13)C(C)(CC)C(CC)(CC1Cc3ccc(OC)cc3-c3cccc[n+]31)c1ccc(F)c(c1-4)C2(C)C. The minimum absolute atomic E-state index is 0.0895. The van der Waals surface area contributed by atoms with E-state index in [0.29, 0.717) is 0 Å². The van der Waals surface area contributed by atoms with Crippen molar-refractivity contribution in [3.63, 3.8) is 0 Å². The zero-order valence-electron chi connectivity index (χ0n) is 29.7. The molecule has 1 aliphatic carbocycles. The summed E-state index contributed by atoms with van der Waals surface area (Å²) in [6.45, 7) is 14.0. The Kier molecular flexibility index (Phi) is 7.15. The van der Waals surface area contributed by atoms with Crippen LogP contribution in [0.25, 0.3) is 33.3 Å². The Hall–Kier alpha value is -4.05. The van der Waals surface area contributed by atoms with Crippen molar-refractivity contribution in [2.75, 3.05) is 7.11 Å². The number of hydrogen-bond acceptors (Lipinski definition) is 1. The average Bonchev–Trinajstić information content (AvgIpc) is 3.10. The van der Waals surface area contributed by atoms with Gasteiger partial charge in [-0.25, -0.2) is 4.39 Å². The number of pyridine rings is 2. The number of halogens is 1. The largest absolute Gasteiger partial charge is 0.497 e. The molecule has 3 unspecified atom stereocenters. The van der Waals surface area contributed by atoms with Gasteiger partial charge < -0.3 is 4.74 Å². The third-order valence-corrected chi connectivity index (χ3v) is 13.0. The van der Waals surface area contributed by atoms with Crippen LogP contribution >= 0.6 is 0 Å². The van der Waals surface area contributed by atoms with Crippen LogP contribution in [0.15, 0.2) is 79.1 Å². The van der Waals surface area contributed by atoms with E-state index in [1.807, 2.05) is 0 Å². The van der Waals surface area contributed by atoms with Crippen molar-refractivity contribution in [3.05, 3.63) is 113 Å². The molecule has 0 saturated heterocycles. The normalized spacial score (nSPS) is 22.7. The number of ether oxygens (including phenoxy) is 1. The first-order valence-electron chi connectivity index (χ1n) is 18.2. The molecule has 2 aromatic heterocycles. The van der Waals surface area contributed by atoms with Gasteiger partial charge in [-0.2, -0.15) is 9.13 Å². The second-order valence-corrected chi connectivity index (χ2v) is 15.3. The molecule has 3 aliphatic rings. The Morgan fingerprint density at radius 3 is 2.46 bits per heavy atom. The Morgan fingerprint density at radius 1 is 0.896 bits per heavy atom. The minimum atomic E-state index is -0.466. The lowest BCUT2D eigenvalue weighted by atomic mass is 9.54. The number of unbranched alkanes of at least 4 members (excludes halogenated alkanes) is 1. The molecule has 0 fully saturated rings. The molecule has 8 rings (SSSR count). The smallest absolute Gasteiger partial charge is 0.221 e. The van der Waals surface area contributed by atoms with Crippen LogP contribution in [0.2, 0.25) is 0 Å². The summed E-state index contributed by atoms with van der Waals surface area (Å²) in [4.78, 5) is 0. The van der Waals surface area contributed by atoms with Crippen LogP contribution in [0, 0.1) is 5.82 Å². The first-order valence-corrected chi connectivity index (χ1v) is 18.2. The predicted molar refractivity (Wildman–Crippen MR) is 192 cm³/mol. The summed E-state index contributed by atoms with van der Waals surface area (Å²) in [6.07, 6.45) is 11.8. The van der Waals surface area contributed by atoms with E-state index >= 15 is 4.39 Å². The second-order valence-electron chi connectivity index (χ2n) is 15.3. The van der Waals surface area contributed by atoms with Crippen molar-refractivity contribution in [1.82, 2.24) is 0 Å². The summed E-state index contributed by atoms with van der Waals surface area (Å²) in [5.74, 6) is 0.796. The molecule has 2 aliphatic heterocycles. The van der Waals surface area contributed by atoms with E-state index in [1.54, 1.807) is 13.2 Å². The maximum atomic E-state index is 16.5. The van der Waals surface area contributed by atoms with Gasteiger partial charge in [0.1, 0.15) is 11.6 Å². The van der Waals surface area contributed by atoms with Crippen LogP contribution in [0.5, 0.6) is 5.75 Å². The van der Waals surface area contributed by atoms with Gasteiger partial charge in [-0.3, -0.25) is 0 Å². The summed E-state index contributed by atoms with van der Waals surface area (Å²) in [5, 5.41) is 2.67. The van der Waals surface area contributed by atoms with Crippen molar-refractivity contribution < 1.29 is 18.3 Å². The van der Waals surface area contributed by atoms with Crippen LogP contribution in [-0.2, 0) is 29.2 Å². The molecular formula is C44H49FN2O+2. The number of rotatable bonds is 8. The summed E-state index contributed by atoms with van der Waals surface area (Å²) in [5.41, 5.74) is 10.1. The molecule has 4 heteroatoms. The number of benzene rings is 3. The van der Waals surface area contributed by atoms with E-state index in [4.69, 9.17) is 4.74 Å². The van der Waals surface area contributed by atoms with E-state index in [0.717, 1.165) is 49.0 Å². The summed E-state index contributed by atoms with van der Waals surface area (Å²) in [7, 11) is 1.74. The monoisotopic (exact) mass is 640 g/mol. The Labute approximate surface area is 285 Å². The molecule has 246 valence electrons. The lowest BCUT2D eigenvalue weighted by molar-refractivity contribution is -0.769. The maximum Gasteiger partial charge on any atom is 0.221 e. The summed E-state index contributed by atoms with van der Waals surface area (Å²) in [6, 6.07) is 24.3. The molecule has 5 aromatic rings. The van der Waals surface area contributed by atoms with Crippen LogP contribution in [0.4, 0.5) is 4.39 Å². The molecule has 3 atom stereocenters. The van der Waals surface area contributed by atoms with E-state index in [2.05, 4.69) is 124 Å². The van der Waals surface area contributed by atoms with Crippen molar-refractivity contribution in [3.8, 4) is 28.3 Å². The fourth-order valence-corrected chi connectivity index (χ4v) is 10.3. The van der Waals surface area contributed by atoms with Gasteiger partial charge in [-0.05, 0) is 71.2 Å². The van der Waals surface area contributed by atoms with Gasteiger partial charge in [-0.15, -0.1) is 0 Å². The van der Waals surface area contributed by atoms with Gasteiger partial charge in [0.25, 0.3) is 0 Å². The standard InChI is InChI=1S/C44H49FN2O/c1-8-11-14-28-17-19-34-38-32(28)22-24-47-41(38)39-35(20-21-36(45)40(39)42(34,4)5)44(10-3,43(47,6)9-2)27-30-25-29-16-18-31(48-7)26-33(29)37-15-12-13-23-46(30)37/h12-13,15-24,26,30H,8-11,14,25,27H2,1-7H3/q+2. The number of methoxy groups -OCH3 is 1. The lowest BCUT2D eigenvalue weighted by Gasteiger charge is -2.51. The Bertz CT molecular complexity index is 2110. The average molecular weight is 641 g/mol.